The lowest BCUT2D eigenvalue weighted by atomic mass is 10.1. The Labute approximate surface area is 89.5 Å². The second-order valence-electron chi connectivity index (χ2n) is 4.16. The Morgan fingerprint density at radius 3 is 2.79 bits per heavy atom. The van der Waals surface area contributed by atoms with Crippen molar-refractivity contribution in [1.29, 1.82) is 0 Å². The molecule has 0 amide bonds. The van der Waals surface area contributed by atoms with E-state index < -0.39 is 0 Å². The molecule has 0 N–H and O–H groups in total. The van der Waals surface area contributed by atoms with Crippen molar-refractivity contribution in [3.05, 3.63) is 11.1 Å². The van der Waals surface area contributed by atoms with E-state index in [1.807, 2.05) is 4.57 Å². The summed E-state index contributed by atoms with van der Waals surface area (Å²) in [4.78, 5) is 0. The molecule has 0 saturated heterocycles. The van der Waals surface area contributed by atoms with Crippen LogP contribution in [0.3, 0.4) is 0 Å². The summed E-state index contributed by atoms with van der Waals surface area (Å²) in [5, 5.41) is 8.48. The van der Waals surface area contributed by atoms with Crippen molar-refractivity contribution in [3.63, 3.8) is 0 Å². The smallest absolute Gasteiger partial charge is 0.225 e. The number of halogens is 1. The summed E-state index contributed by atoms with van der Waals surface area (Å²) in [6.07, 6.45) is 3.65. The number of rotatable bonds is 4. The van der Waals surface area contributed by atoms with E-state index in [1.54, 1.807) is 0 Å². The number of aromatic nitrogens is 3. The fourth-order valence-electron chi connectivity index (χ4n) is 1.86. The van der Waals surface area contributed by atoms with Gasteiger partial charge in [0, 0.05) is 13.0 Å². The van der Waals surface area contributed by atoms with Gasteiger partial charge in [0.2, 0.25) is 5.28 Å². The topological polar surface area (TPSA) is 30.7 Å². The Balaban J connectivity index is 2.09. The molecule has 1 aliphatic carbocycles. The van der Waals surface area contributed by atoms with Crippen molar-refractivity contribution in [2.75, 3.05) is 0 Å². The van der Waals surface area contributed by atoms with Crippen LogP contribution in [0.15, 0.2) is 0 Å². The van der Waals surface area contributed by atoms with E-state index >= 15 is 0 Å². The third kappa shape index (κ3) is 1.92. The standard InChI is InChI=1S/C10H16ClN3/c1-3-9-12-13-10(11)14(9)6-7(2)8-4-5-8/h7-8H,3-6H2,1-2H3. The van der Waals surface area contributed by atoms with Gasteiger partial charge in [0.05, 0.1) is 0 Å². The summed E-state index contributed by atoms with van der Waals surface area (Å²) < 4.78 is 2.05. The van der Waals surface area contributed by atoms with Crippen LogP contribution in [0, 0.1) is 11.8 Å². The maximum absolute atomic E-state index is 5.98. The first-order valence-corrected chi connectivity index (χ1v) is 5.67. The molecule has 1 unspecified atom stereocenters. The van der Waals surface area contributed by atoms with Gasteiger partial charge in [0.1, 0.15) is 5.82 Å². The van der Waals surface area contributed by atoms with Crippen LogP contribution in [0.1, 0.15) is 32.5 Å². The van der Waals surface area contributed by atoms with Crippen LogP contribution in [0.5, 0.6) is 0 Å². The molecule has 1 heterocycles. The van der Waals surface area contributed by atoms with Crippen LogP contribution in [-0.4, -0.2) is 14.8 Å². The van der Waals surface area contributed by atoms with Crippen LogP contribution >= 0.6 is 11.6 Å². The molecule has 0 radical (unpaired) electrons. The minimum atomic E-state index is 0.536. The van der Waals surface area contributed by atoms with E-state index in [0.29, 0.717) is 11.2 Å². The molecule has 1 fully saturated rings. The SMILES string of the molecule is CCc1nnc(Cl)n1CC(C)C1CC1. The van der Waals surface area contributed by atoms with Gasteiger partial charge in [0.15, 0.2) is 0 Å². The minimum Gasteiger partial charge on any atom is -0.302 e. The van der Waals surface area contributed by atoms with Gasteiger partial charge in [-0.05, 0) is 36.3 Å². The fourth-order valence-corrected chi connectivity index (χ4v) is 2.06. The van der Waals surface area contributed by atoms with Crippen molar-refractivity contribution < 1.29 is 0 Å². The van der Waals surface area contributed by atoms with Crippen molar-refractivity contribution >= 4 is 11.6 Å². The molecule has 14 heavy (non-hydrogen) atoms. The van der Waals surface area contributed by atoms with Crippen molar-refractivity contribution in [3.8, 4) is 0 Å². The summed E-state index contributed by atoms with van der Waals surface area (Å²) in [7, 11) is 0. The average molecular weight is 214 g/mol. The lowest BCUT2D eigenvalue weighted by molar-refractivity contribution is 0.422. The maximum atomic E-state index is 5.98. The first-order valence-electron chi connectivity index (χ1n) is 5.30. The van der Waals surface area contributed by atoms with Gasteiger partial charge in [-0.15, -0.1) is 10.2 Å². The van der Waals surface area contributed by atoms with E-state index in [1.165, 1.54) is 12.8 Å². The molecule has 78 valence electrons. The Morgan fingerprint density at radius 2 is 2.21 bits per heavy atom. The van der Waals surface area contributed by atoms with Gasteiger partial charge in [-0.3, -0.25) is 0 Å². The van der Waals surface area contributed by atoms with Crippen LogP contribution in [-0.2, 0) is 13.0 Å². The molecule has 0 spiro atoms. The summed E-state index contributed by atoms with van der Waals surface area (Å²) in [5.41, 5.74) is 0. The molecule has 1 aliphatic rings. The van der Waals surface area contributed by atoms with Crippen molar-refractivity contribution in [2.45, 2.75) is 39.7 Å². The molecule has 1 aromatic heterocycles. The molecular weight excluding hydrogens is 198 g/mol. The van der Waals surface area contributed by atoms with Crippen LogP contribution in [0.4, 0.5) is 0 Å². The third-order valence-electron chi connectivity index (χ3n) is 3.00. The summed E-state index contributed by atoms with van der Waals surface area (Å²) >= 11 is 5.98. The monoisotopic (exact) mass is 213 g/mol. The average Bonchev–Trinajstić information content (AvgIpc) is 2.95. The number of hydrogen-bond acceptors (Lipinski definition) is 2. The fraction of sp³-hybridized carbons (Fsp3) is 0.800. The normalized spacial score (nSPS) is 18.5. The second-order valence-corrected chi connectivity index (χ2v) is 4.50. The molecule has 0 aliphatic heterocycles. The highest BCUT2D eigenvalue weighted by atomic mass is 35.5. The largest absolute Gasteiger partial charge is 0.302 e. The molecule has 1 aromatic rings. The summed E-state index contributed by atoms with van der Waals surface area (Å²) in [6, 6.07) is 0. The number of nitrogens with zero attached hydrogens (tertiary/aromatic N) is 3. The predicted molar refractivity (Wildman–Crippen MR) is 56.3 cm³/mol. The quantitative estimate of drug-likeness (QED) is 0.770. The highest BCUT2D eigenvalue weighted by Gasteiger charge is 2.28. The van der Waals surface area contributed by atoms with Gasteiger partial charge >= 0.3 is 0 Å². The van der Waals surface area contributed by atoms with E-state index in [0.717, 1.165) is 24.7 Å². The number of hydrogen-bond donors (Lipinski definition) is 0. The van der Waals surface area contributed by atoms with Gasteiger partial charge in [0.25, 0.3) is 0 Å². The first kappa shape index (κ1) is 9.97. The Hall–Kier alpha value is -0.570. The van der Waals surface area contributed by atoms with Gasteiger partial charge in [-0.1, -0.05) is 13.8 Å². The Bertz CT molecular complexity index is 317. The zero-order valence-electron chi connectivity index (χ0n) is 8.70. The Kier molecular flexibility index (Phi) is 2.77. The highest BCUT2D eigenvalue weighted by Crippen LogP contribution is 2.37. The van der Waals surface area contributed by atoms with Gasteiger partial charge < -0.3 is 4.57 Å². The van der Waals surface area contributed by atoms with Gasteiger partial charge in [-0.25, -0.2) is 0 Å². The number of aryl methyl sites for hydroxylation is 1. The van der Waals surface area contributed by atoms with Crippen LogP contribution in [0.25, 0.3) is 0 Å². The van der Waals surface area contributed by atoms with E-state index in [-0.39, 0.29) is 0 Å². The van der Waals surface area contributed by atoms with Crippen molar-refractivity contribution in [1.82, 2.24) is 14.8 Å². The molecule has 4 heteroatoms. The Morgan fingerprint density at radius 1 is 1.50 bits per heavy atom. The lowest BCUT2D eigenvalue weighted by Gasteiger charge is -2.12. The molecule has 3 nitrogen and oxygen atoms in total. The first-order chi connectivity index (χ1) is 6.72. The van der Waals surface area contributed by atoms with Crippen LogP contribution < -0.4 is 0 Å². The van der Waals surface area contributed by atoms with Gasteiger partial charge in [-0.2, -0.15) is 0 Å². The highest BCUT2D eigenvalue weighted by molar-refractivity contribution is 6.28. The second kappa shape index (κ2) is 3.89. The molecule has 2 rings (SSSR count). The minimum absolute atomic E-state index is 0.536. The molecule has 0 bridgehead atoms. The maximum Gasteiger partial charge on any atom is 0.225 e. The summed E-state index contributed by atoms with van der Waals surface area (Å²) in [5.74, 6) is 2.61. The molecule has 0 aromatic carbocycles. The molecular formula is C10H16ClN3. The van der Waals surface area contributed by atoms with E-state index in [2.05, 4.69) is 24.0 Å². The third-order valence-corrected chi connectivity index (χ3v) is 3.28. The molecule has 1 saturated carbocycles. The molecule has 1 atom stereocenters. The van der Waals surface area contributed by atoms with E-state index in [4.69, 9.17) is 11.6 Å². The van der Waals surface area contributed by atoms with Crippen LogP contribution in [0.2, 0.25) is 5.28 Å². The lowest BCUT2D eigenvalue weighted by Crippen LogP contribution is -2.12. The predicted octanol–water partition coefficient (Wildman–Crippen LogP) is 2.54. The zero-order valence-corrected chi connectivity index (χ0v) is 9.46. The van der Waals surface area contributed by atoms with E-state index in [9.17, 15) is 0 Å². The summed E-state index contributed by atoms with van der Waals surface area (Å²) in [6.45, 7) is 5.34. The van der Waals surface area contributed by atoms with Crippen molar-refractivity contribution in [2.24, 2.45) is 11.8 Å². The zero-order chi connectivity index (χ0) is 10.1.